The summed E-state index contributed by atoms with van der Waals surface area (Å²) in [7, 11) is 1.46. The van der Waals surface area contributed by atoms with Gasteiger partial charge in [-0.15, -0.1) is 0 Å². The Bertz CT molecular complexity index is 1160. The molecule has 0 spiro atoms. The van der Waals surface area contributed by atoms with Crippen molar-refractivity contribution < 1.29 is 45.6 Å². The zero-order valence-electron chi connectivity index (χ0n) is 30.6. The van der Waals surface area contributed by atoms with Crippen LogP contribution >= 0.6 is 0 Å². The van der Waals surface area contributed by atoms with Crippen LogP contribution in [0.25, 0.3) is 0 Å². The van der Waals surface area contributed by atoms with Gasteiger partial charge in [0.15, 0.2) is 18.9 Å². The molecular formula is C39H63ClN4O6. The molecule has 0 bridgehead atoms. The highest BCUT2D eigenvalue weighted by atomic mass is 35.5. The van der Waals surface area contributed by atoms with Crippen LogP contribution in [-0.2, 0) is 20.8 Å². The van der Waals surface area contributed by atoms with Crippen molar-refractivity contribution in [3.05, 3.63) is 66.0 Å². The zero-order chi connectivity index (χ0) is 35.2. The average Bonchev–Trinajstić information content (AvgIpc) is 3.12. The summed E-state index contributed by atoms with van der Waals surface area (Å²) < 4.78 is 17.6. The lowest BCUT2D eigenvalue weighted by Gasteiger charge is -2.16. The van der Waals surface area contributed by atoms with Crippen molar-refractivity contribution in [2.24, 2.45) is 0 Å². The smallest absolute Gasteiger partial charge is 0.407 e. The Morgan fingerprint density at radius 3 is 1.68 bits per heavy atom. The molecular weight excluding hydrogens is 656 g/mol. The van der Waals surface area contributed by atoms with E-state index in [0.29, 0.717) is 18.7 Å². The van der Waals surface area contributed by atoms with Crippen LogP contribution in [0.2, 0.25) is 0 Å². The minimum Gasteiger partial charge on any atom is -1.00 e. The van der Waals surface area contributed by atoms with E-state index in [0.717, 1.165) is 18.4 Å². The number of halogens is 1. The molecule has 0 saturated carbocycles. The highest BCUT2D eigenvalue weighted by molar-refractivity contribution is 5.93. The molecule has 2 aromatic rings. The molecule has 50 heavy (non-hydrogen) atoms. The number of ether oxygens (including phenoxy) is 3. The molecule has 1 heterocycles. The second-order valence-electron chi connectivity index (χ2n) is 12.7. The fourth-order valence-corrected chi connectivity index (χ4v) is 5.48. The van der Waals surface area contributed by atoms with Gasteiger partial charge in [-0.2, -0.15) is 4.57 Å². The first-order valence-electron chi connectivity index (χ1n) is 18.7. The second-order valence-corrected chi connectivity index (χ2v) is 12.7. The Labute approximate surface area is 307 Å². The molecule has 10 nitrogen and oxygen atoms in total. The first-order chi connectivity index (χ1) is 24.0. The number of unbranched alkanes of at least 4 members (excludes halogenated alkanes) is 15. The Kier molecular flexibility index (Phi) is 27.2. The average molecular weight is 719 g/mol. The standard InChI is InChI=1S/C39H62N4O6.ClH/c1-3-4-5-6-7-8-9-10-11-12-13-14-15-16-17-21-26-41-38(45)48-32-36(47-2)33-49-39(46)42-28-27-40-37(44)35-25-22-29-43(31-35)30-34-23-19-18-20-24-34;/h18-20,22-25,29,31,36H,3-17,21,26-28,30,32-33H2,1-2H3,(H2-,40,41,42,44,45,46);1H. The highest BCUT2D eigenvalue weighted by Crippen LogP contribution is 2.13. The maximum atomic E-state index is 12.6. The first-order valence-corrected chi connectivity index (χ1v) is 18.7. The molecule has 0 aliphatic carbocycles. The number of carbonyl (C=O) groups is 3. The van der Waals surface area contributed by atoms with Gasteiger partial charge in [-0.05, 0) is 12.5 Å². The molecule has 0 aliphatic heterocycles. The largest absolute Gasteiger partial charge is 1.00 e. The first kappa shape index (κ1) is 44.7. The molecule has 0 aliphatic rings. The van der Waals surface area contributed by atoms with Gasteiger partial charge in [-0.25, -0.2) is 9.59 Å². The lowest BCUT2D eigenvalue weighted by atomic mass is 10.0. The summed E-state index contributed by atoms with van der Waals surface area (Å²) in [5, 5.41) is 8.16. The van der Waals surface area contributed by atoms with Crippen molar-refractivity contribution in [2.75, 3.05) is 40.0 Å². The number of aromatic nitrogens is 1. The minimum absolute atomic E-state index is 0. The number of pyridine rings is 1. The van der Waals surface area contributed by atoms with Gasteiger partial charge in [0, 0.05) is 38.4 Å². The predicted molar refractivity (Wildman–Crippen MR) is 194 cm³/mol. The lowest BCUT2D eigenvalue weighted by molar-refractivity contribution is -0.688. The summed E-state index contributed by atoms with van der Waals surface area (Å²) in [6.45, 7) is 3.81. The number of alkyl carbamates (subject to hydrolysis) is 2. The fraction of sp³-hybridized carbons (Fsp3) is 0.641. The van der Waals surface area contributed by atoms with Gasteiger partial charge in [0.1, 0.15) is 24.9 Å². The Hall–Kier alpha value is -3.37. The number of carbonyl (C=O) groups excluding carboxylic acids is 3. The van der Waals surface area contributed by atoms with Crippen LogP contribution in [0.15, 0.2) is 54.9 Å². The third-order valence-corrected chi connectivity index (χ3v) is 8.44. The van der Waals surface area contributed by atoms with E-state index in [1.54, 1.807) is 12.3 Å². The number of hydrogen-bond donors (Lipinski definition) is 3. The van der Waals surface area contributed by atoms with Crippen LogP contribution in [0, 0.1) is 0 Å². The Morgan fingerprint density at radius 2 is 1.14 bits per heavy atom. The maximum Gasteiger partial charge on any atom is 0.407 e. The third-order valence-electron chi connectivity index (χ3n) is 8.44. The molecule has 0 saturated heterocycles. The van der Waals surface area contributed by atoms with Crippen molar-refractivity contribution in [2.45, 2.75) is 122 Å². The van der Waals surface area contributed by atoms with Crippen LogP contribution < -0.4 is 32.9 Å². The van der Waals surface area contributed by atoms with Gasteiger partial charge >= 0.3 is 12.2 Å². The molecule has 1 unspecified atom stereocenters. The van der Waals surface area contributed by atoms with Gasteiger partial charge in [0.25, 0.3) is 5.91 Å². The molecule has 1 aromatic heterocycles. The van der Waals surface area contributed by atoms with Crippen LogP contribution in [0.5, 0.6) is 0 Å². The molecule has 2 rings (SSSR count). The highest BCUT2D eigenvalue weighted by Gasteiger charge is 2.15. The van der Waals surface area contributed by atoms with Crippen molar-refractivity contribution in [3.8, 4) is 0 Å². The van der Waals surface area contributed by atoms with Crippen molar-refractivity contribution in [3.63, 3.8) is 0 Å². The molecule has 1 atom stereocenters. The number of hydrogen-bond acceptors (Lipinski definition) is 6. The fourth-order valence-electron chi connectivity index (χ4n) is 5.48. The normalized spacial score (nSPS) is 11.2. The summed E-state index contributed by atoms with van der Waals surface area (Å²) in [6.07, 6.45) is 22.9. The van der Waals surface area contributed by atoms with Gasteiger partial charge in [0.2, 0.25) is 0 Å². The number of amides is 3. The number of rotatable bonds is 28. The molecule has 3 N–H and O–H groups in total. The quantitative estimate of drug-likeness (QED) is 0.0883. The van der Waals surface area contributed by atoms with E-state index in [-0.39, 0.29) is 44.6 Å². The molecule has 0 fully saturated rings. The summed E-state index contributed by atoms with van der Waals surface area (Å²) in [4.78, 5) is 36.7. The molecule has 11 heteroatoms. The number of benzene rings is 1. The van der Waals surface area contributed by atoms with Crippen molar-refractivity contribution in [1.29, 1.82) is 0 Å². The topological polar surface area (TPSA) is 119 Å². The van der Waals surface area contributed by atoms with Crippen LogP contribution in [0.4, 0.5) is 9.59 Å². The van der Waals surface area contributed by atoms with E-state index in [1.165, 1.54) is 97.0 Å². The van der Waals surface area contributed by atoms with Gasteiger partial charge in [0.05, 0.1) is 0 Å². The zero-order valence-corrected chi connectivity index (χ0v) is 31.4. The van der Waals surface area contributed by atoms with E-state index in [9.17, 15) is 14.4 Å². The maximum absolute atomic E-state index is 12.6. The Balaban J connectivity index is 0.0000125. The van der Waals surface area contributed by atoms with Gasteiger partial charge in [-0.3, -0.25) is 4.79 Å². The van der Waals surface area contributed by atoms with E-state index in [2.05, 4.69) is 22.9 Å². The number of nitrogens with one attached hydrogen (secondary N) is 3. The van der Waals surface area contributed by atoms with E-state index < -0.39 is 18.3 Å². The summed E-state index contributed by atoms with van der Waals surface area (Å²) in [5.41, 5.74) is 1.66. The van der Waals surface area contributed by atoms with E-state index in [4.69, 9.17) is 14.2 Å². The lowest BCUT2D eigenvalue weighted by Crippen LogP contribution is -3.00. The van der Waals surface area contributed by atoms with Gasteiger partial charge < -0.3 is 42.6 Å². The Morgan fingerprint density at radius 1 is 0.640 bits per heavy atom. The van der Waals surface area contributed by atoms with Gasteiger partial charge in [-0.1, -0.05) is 134 Å². The summed E-state index contributed by atoms with van der Waals surface area (Å²) in [5.74, 6) is -0.234. The minimum atomic E-state index is -0.648. The summed E-state index contributed by atoms with van der Waals surface area (Å²) >= 11 is 0. The van der Waals surface area contributed by atoms with Crippen LogP contribution in [0.1, 0.15) is 126 Å². The SMILES string of the molecule is CCCCCCCCCCCCCCCCCCNC(=O)OCC(COC(=O)NCCNC(=O)c1ccc[n+](Cc2ccccc2)c1)OC.[Cl-]. The monoisotopic (exact) mass is 718 g/mol. The van der Waals surface area contributed by atoms with Crippen LogP contribution in [-0.4, -0.2) is 64.2 Å². The van der Waals surface area contributed by atoms with Crippen molar-refractivity contribution >= 4 is 18.1 Å². The molecule has 1 aromatic carbocycles. The second kappa shape index (κ2) is 30.5. The van der Waals surface area contributed by atoms with E-state index >= 15 is 0 Å². The van der Waals surface area contributed by atoms with E-state index in [1.807, 2.05) is 47.2 Å². The third kappa shape index (κ3) is 23.1. The molecule has 282 valence electrons. The number of nitrogens with zero attached hydrogens (tertiary/aromatic N) is 1. The number of methoxy groups -OCH3 is 1. The predicted octanol–water partition coefficient (Wildman–Crippen LogP) is 4.49. The molecule has 0 radical (unpaired) electrons. The van der Waals surface area contributed by atoms with Crippen molar-refractivity contribution in [1.82, 2.24) is 16.0 Å². The molecule has 3 amide bonds. The van der Waals surface area contributed by atoms with Crippen LogP contribution in [0.3, 0.4) is 0 Å². The summed E-state index contributed by atoms with van der Waals surface area (Å²) in [6, 6.07) is 13.6.